The Hall–Kier alpha value is -2.34. The molecule has 0 bridgehead atoms. The molecule has 3 heterocycles. The molecule has 0 unspecified atom stereocenters. The third-order valence-electron chi connectivity index (χ3n) is 3.67. The summed E-state index contributed by atoms with van der Waals surface area (Å²) in [5.41, 5.74) is 3.68. The Balaban J connectivity index is 1.99. The van der Waals surface area contributed by atoms with E-state index in [2.05, 4.69) is 22.3 Å². The van der Waals surface area contributed by atoms with Gasteiger partial charge < -0.3 is 14.5 Å². The molecule has 0 radical (unpaired) electrons. The lowest BCUT2D eigenvalue weighted by molar-refractivity contribution is 0.197. The van der Waals surface area contributed by atoms with Gasteiger partial charge in [-0.15, -0.1) is 0 Å². The smallest absolute Gasteiger partial charge is 0.158 e. The number of aryl methyl sites for hydroxylation is 1. The first-order valence-electron chi connectivity index (χ1n) is 7.34. The van der Waals surface area contributed by atoms with Crippen LogP contribution in [0.2, 0.25) is 0 Å². The van der Waals surface area contributed by atoms with Gasteiger partial charge in [-0.25, -0.2) is 4.98 Å². The summed E-state index contributed by atoms with van der Waals surface area (Å²) in [5, 5.41) is 8.06. The predicted octanol–water partition coefficient (Wildman–Crippen LogP) is 3.05. The monoisotopic (exact) mass is 300 g/mol. The van der Waals surface area contributed by atoms with Crippen LogP contribution in [0.15, 0.2) is 28.9 Å². The third kappa shape index (κ3) is 2.69. The number of hydrogen-bond acceptors (Lipinski definition) is 5. The molecule has 0 aliphatic rings. The second-order valence-electron chi connectivity index (χ2n) is 5.22. The van der Waals surface area contributed by atoms with Gasteiger partial charge in [0.15, 0.2) is 11.4 Å². The quantitative estimate of drug-likeness (QED) is 0.709. The van der Waals surface area contributed by atoms with E-state index in [4.69, 9.17) is 9.15 Å². The molecule has 3 aromatic heterocycles. The molecule has 0 aliphatic carbocycles. The van der Waals surface area contributed by atoms with Crippen molar-refractivity contribution < 1.29 is 9.15 Å². The molecule has 0 amide bonds. The van der Waals surface area contributed by atoms with E-state index in [1.807, 2.05) is 29.6 Å². The number of nitrogens with zero attached hydrogens (tertiary/aromatic N) is 3. The van der Waals surface area contributed by atoms with Crippen molar-refractivity contribution in [3.05, 3.63) is 35.7 Å². The van der Waals surface area contributed by atoms with Gasteiger partial charge in [0.2, 0.25) is 0 Å². The molecule has 22 heavy (non-hydrogen) atoms. The van der Waals surface area contributed by atoms with Crippen LogP contribution in [0.5, 0.6) is 0 Å². The van der Waals surface area contributed by atoms with Crippen molar-refractivity contribution in [2.75, 3.05) is 25.6 Å². The normalized spacial score (nSPS) is 11.2. The van der Waals surface area contributed by atoms with E-state index in [1.54, 1.807) is 13.4 Å². The average Bonchev–Trinajstić information content (AvgIpc) is 3.15. The molecule has 3 aromatic rings. The summed E-state index contributed by atoms with van der Waals surface area (Å²) in [6, 6.07) is 5.69. The van der Waals surface area contributed by atoms with Crippen LogP contribution in [-0.4, -0.2) is 34.9 Å². The standard InChI is InChI=1S/C16H20N4O2/c1-11-12(2)18-15-10-13(14-6-4-9-22-14)19-20(15)16(11)17-7-5-8-21-3/h4,6,9-10,17H,5,7-8H2,1-3H3. The SMILES string of the molecule is COCCCNc1c(C)c(C)nc2cc(-c3ccco3)nn12. The Morgan fingerprint density at radius 2 is 2.23 bits per heavy atom. The van der Waals surface area contributed by atoms with Gasteiger partial charge in [0.05, 0.1) is 6.26 Å². The third-order valence-corrected chi connectivity index (χ3v) is 3.67. The van der Waals surface area contributed by atoms with Crippen molar-refractivity contribution in [1.29, 1.82) is 0 Å². The van der Waals surface area contributed by atoms with E-state index in [-0.39, 0.29) is 0 Å². The molecule has 0 saturated heterocycles. The first-order valence-corrected chi connectivity index (χ1v) is 7.34. The maximum absolute atomic E-state index is 5.42. The number of aromatic nitrogens is 3. The lowest BCUT2D eigenvalue weighted by atomic mass is 10.2. The predicted molar refractivity (Wildman–Crippen MR) is 85.1 cm³/mol. The Bertz CT molecular complexity index is 762. The van der Waals surface area contributed by atoms with Crippen LogP contribution in [0.4, 0.5) is 5.82 Å². The molecule has 6 heteroatoms. The van der Waals surface area contributed by atoms with Crippen molar-refractivity contribution in [3.63, 3.8) is 0 Å². The molecule has 1 N–H and O–H groups in total. The van der Waals surface area contributed by atoms with Crippen LogP contribution in [0.3, 0.4) is 0 Å². The fraction of sp³-hybridized carbons (Fsp3) is 0.375. The number of methoxy groups -OCH3 is 1. The van der Waals surface area contributed by atoms with Crippen LogP contribution in [0.1, 0.15) is 17.7 Å². The minimum Gasteiger partial charge on any atom is -0.463 e. The van der Waals surface area contributed by atoms with Crippen LogP contribution in [-0.2, 0) is 4.74 Å². The average molecular weight is 300 g/mol. The van der Waals surface area contributed by atoms with E-state index in [1.165, 1.54) is 0 Å². The largest absolute Gasteiger partial charge is 0.463 e. The van der Waals surface area contributed by atoms with Crippen molar-refractivity contribution in [2.45, 2.75) is 20.3 Å². The van der Waals surface area contributed by atoms with E-state index in [0.717, 1.165) is 53.7 Å². The van der Waals surface area contributed by atoms with Gasteiger partial charge in [-0.3, -0.25) is 0 Å². The fourth-order valence-electron chi connectivity index (χ4n) is 2.38. The molecule has 116 valence electrons. The number of anilines is 1. The van der Waals surface area contributed by atoms with Crippen molar-refractivity contribution >= 4 is 11.5 Å². The number of furan rings is 1. The first kappa shape index (κ1) is 14.6. The zero-order chi connectivity index (χ0) is 15.5. The second-order valence-corrected chi connectivity index (χ2v) is 5.22. The molecule has 0 spiro atoms. The summed E-state index contributed by atoms with van der Waals surface area (Å²) in [6.07, 6.45) is 2.58. The van der Waals surface area contributed by atoms with E-state index >= 15 is 0 Å². The topological polar surface area (TPSA) is 64.6 Å². The van der Waals surface area contributed by atoms with Gasteiger partial charge in [0.1, 0.15) is 11.5 Å². The zero-order valence-corrected chi connectivity index (χ0v) is 13.1. The van der Waals surface area contributed by atoms with Crippen molar-refractivity contribution in [1.82, 2.24) is 14.6 Å². The van der Waals surface area contributed by atoms with Crippen LogP contribution in [0.25, 0.3) is 17.1 Å². The Morgan fingerprint density at radius 1 is 1.36 bits per heavy atom. The molecular formula is C16H20N4O2. The number of nitrogens with one attached hydrogen (secondary N) is 1. The highest BCUT2D eigenvalue weighted by atomic mass is 16.5. The minimum atomic E-state index is 0.732. The number of fused-ring (bicyclic) bond motifs is 1. The number of ether oxygens (including phenoxy) is 1. The van der Waals surface area contributed by atoms with E-state index < -0.39 is 0 Å². The summed E-state index contributed by atoms with van der Waals surface area (Å²) < 4.78 is 12.3. The minimum absolute atomic E-state index is 0.732. The molecule has 0 fully saturated rings. The highest BCUT2D eigenvalue weighted by Gasteiger charge is 2.14. The number of rotatable bonds is 6. The fourth-order valence-corrected chi connectivity index (χ4v) is 2.38. The molecular weight excluding hydrogens is 280 g/mol. The van der Waals surface area contributed by atoms with Crippen LogP contribution >= 0.6 is 0 Å². The van der Waals surface area contributed by atoms with Gasteiger partial charge in [0.25, 0.3) is 0 Å². The first-order chi connectivity index (χ1) is 10.7. The van der Waals surface area contributed by atoms with Crippen LogP contribution in [0, 0.1) is 13.8 Å². The van der Waals surface area contributed by atoms with Gasteiger partial charge in [-0.05, 0) is 32.4 Å². The van der Waals surface area contributed by atoms with Gasteiger partial charge in [0, 0.05) is 37.6 Å². The lowest BCUT2D eigenvalue weighted by Gasteiger charge is -2.12. The lowest BCUT2D eigenvalue weighted by Crippen LogP contribution is -2.12. The molecule has 3 rings (SSSR count). The molecule has 0 aliphatic heterocycles. The number of hydrogen-bond donors (Lipinski definition) is 1. The summed E-state index contributed by atoms with van der Waals surface area (Å²) in [4.78, 5) is 4.60. The van der Waals surface area contributed by atoms with Gasteiger partial charge >= 0.3 is 0 Å². The summed E-state index contributed by atoms with van der Waals surface area (Å²) in [5.74, 6) is 1.71. The second kappa shape index (κ2) is 6.19. The molecule has 0 saturated carbocycles. The maximum Gasteiger partial charge on any atom is 0.158 e. The molecule has 6 nitrogen and oxygen atoms in total. The van der Waals surface area contributed by atoms with E-state index in [0.29, 0.717) is 0 Å². The summed E-state index contributed by atoms with van der Waals surface area (Å²) in [7, 11) is 1.71. The van der Waals surface area contributed by atoms with Crippen LogP contribution < -0.4 is 5.32 Å². The van der Waals surface area contributed by atoms with Crippen molar-refractivity contribution in [3.8, 4) is 11.5 Å². The Labute approximate surface area is 129 Å². The Morgan fingerprint density at radius 3 is 2.95 bits per heavy atom. The summed E-state index contributed by atoms with van der Waals surface area (Å²) >= 11 is 0. The highest BCUT2D eigenvalue weighted by Crippen LogP contribution is 2.24. The van der Waals surface area contributed by atoms with Crippen molar-refractivity contribution in [2.24, 2.45) is 0 Å². The summed E-state index contributed by atoms with van der Waals surface area (Å²) in [6.45, 7) is 5.61. The highest BCUT2D eigenvalue weighted by molar-refractivity contribution is 5.63. The molecule has 0 atom stereocenters. The maximum atomic E-state index is 5.42. The Kier molecular flexibility index (Phi) is 4.11. The van der Waals surface area contributed by atoms with Gasteiger partial charge in [-0.2, -0.15) is 9.61 Å². The zero-order valence-electron chi connectivity index (χ0n) is 13.1. The van der Waals surface area contributed by atoms with Gasteiger partial charge in [-0.1, -0.05) is 0 Å². The molecule has 0 aromatic carbocycles. The van der Waals surface area contributed by atoms with E-state index in [9.17, 15) is 0 Å².